The first-order chi connectivity index (χ1) is 10.5. The van der Waals surface area contributed by atoms with Gasteiger partial charge in [-0.2, -0.15) is 5.10 Å². The third kappa shape index (κ3) is 3.60. The van der Waals surface area contributed by atoms with Gasteiger partial charge in [-0.1, -0.05) is 0 Å². The third-order valence-corrected chi connectivity index (χ3v) is 3.04. The number of carbonyl (C=O) groups is 1. The summed E-state index contributed by atoms with van der Waals surface area (Å²) in [5.74, 6) is -0.144. The molecule has 2 aromatic rings. The first-order valence-corrected chi connectivity index (χ1v) is 6.62. The third-order valence-electron chi connectivity index (χ3n) is 3.04. The predicted octanol–water partition coefficient (Wildman–Crippen LogP) is 1.62. The molecule has 0 radical (unpaired) electrons. The number of hydrogen-bond donors (Lipinski definition) is 1. The van der Waals surface area contributed by atoms with Crippen molar-refractivity contribution in [2.24, 2.45) is 0 Å². The number of nitrogens with zero attached hydrogens (tertiary/aromatic N) is 3. The van der Waals surface area contributed by atoms with Gasteiger partial charge in [0.2, 0.25) is 0 Å². The number of benzene rings is 1. The molecule has 0 aliphatic carbocycles. The summed E-state index contributed by atoms with van der Waals surface area (Å²) in [6.45, 7) is 2.32. The second kappa shape index (κ2) is 6.70. The quantitative estimate of drug-likeness (QED) is 0.645. The highest BCUT2D eigenvalue weighted by molar-refractivity contribution is 5.97. The van der Waals surface area contributed by atoms with E-state index >= 15 is 0 Å². The molecule has 0 saturated heterocycles. The fraction of sp³-hybridized carbons (Fsp3) is 0.286. The van der Waals surface area contributed by atoms with E-state index in [4.69, 9.17) is 4.74 Å². The molecule has 22 heavy (non-hydrogen) atoms. The van der Waals surface area contributed by atoms with Crippen LogP contribution in [0.4, 0.5) is 5.69 Å². The van der Waals surface area contributed by atoms with E-state index in [1.54, 1.807) is 23.1 Å². The smallest absolute Gasteiger partial charge is 0.270 e. The Morgan fingerprint density at radius 2 is 2.32 bits per heavy atom. The largest absolute Gasteiger partial charge is 0.496 e. The Morgan fingerprint density at radius 3 is 2.91 bits per heavy atom. The van der Waals surface area contributed by atoms with Gasteiger partial charge in [0, 0.05) is 30.6 Å². The molecule has 1 heterocycles. The van der Waals surface area contributed by atoms with Crippen molar-refractivity contribution >= 4 is 11.6 Å². The van der Waals surface area contributed by atoms with Crippen molar-refractivity contribution in [3.05, 3.63) is 52.3 Å². The maximum atomic E-state index is 12.3. The SMILES string of the molecule is COc1ccc([N+](=O)[O-])cc1C(=O)NC(C)Cn1cccn1. The fourth-order valence-electron chi connectivity index (χ4n) is 2.02. The molecule has 1 amide bonds. The van der Waals surface area contributed by atoms with Crippen molar-refractivity contribution in [1.82, 2.24) is 15.1 Å². The van der Waals surface area contributed by atoms with Crippen LogP contribution < -0.4 is 10.1 Å². The van der Waals surface area contributed by atoms with Crippen LogP contribution >= 0.6 is 0 Å². The Balaban J connectivity index is 2.13. The molecule has 0 aliphatic rings. The average molecular weight is 304 g/mol. The number of nitrogens with one attached hydrogen (secondary N) is 1. The van der Waals surface area contributed by atoms with E-state index in [-0.39, 0.29) is 23.0 Å². The predicted molar refractivity (Wildman–Crippen MR) is 78.8 cm³/mol. The molecule has 0 saturated carbocycles. The Morgan fingerprint density at radius 1 is 1.55 bits per heavy atom. The maximum Gasteiger partial charge on any atom is 0.270 e. The molecule has 8 nitrogen and oxygen atoms in total. The van der Waals surface area contributed by atoms with E-state index in [0.717, 1.165) is 0 Å². The summed E-state index contributed by atoms with van der Waals surface area (Å²) in [6.07, 6.45) is 3.44. The van der Waals surface area contributed by atoms with E-state index in [0.29, 0.717) is 6.54 Å². The van der Waals surface area contributed by atoms with Crippen molar-refractivity contribution in [1.29, 1.82) is 0 Å². The molecular weight excluding hydrogens is 288 g/mol. The number of nitro groups is 1. The van der Waals surface area contributed by atoms with E-state index in [2.05, 4.69) is 10.4 Å². The molecule has 0 spiro atoms. The van der Waals surface area contributed by atoms with Gasteiger partial charge in [0.1, 0.15) is 5.75 Å². The van der Waals surface area contributed by atoms with Crippen LogP contribution in [0.5, 0.6) is 5.75 Å². The molecule has 1 unspecified atom stereocenters. The van der Waals surface area contributed by atoms with Crippen LogP contribution in [0, 0.1) is 10.1 Å². The summed E-state index contributed by atoms with van der Waals surface area (Å²) in [5.41, 5.74) is -0.0327. The minimum Gasteiger partial charge on any atom is -0.496 e. The lowest BCUT2D eigenvalue weighted by Crippen LogP contribution is -2.36. The number of aromatic nitrogens is 2. The van der Waals surface area contributed by atoms with Gasteiger partial charge in [-0.25, -0.2) is 0 Å². The van der Waals surface area contributed by atoms with Gasteiger partial charge >= 0.3 is 0 Å². The molecule has 1 aromatic heterocycles. The first-order valence-electron chi connectivity index (χ1n) is 6.62. The van der Waals surface area contributed by atoms with E-state index in [1.807, 2.05) is 6.92 Å². The van der Waals surface area contributed by atoms with Crippen LogP contribution in [-0.4, -0.2) is 33.8 Å². The van der Waals surface area contributed by atoms with Crippen molar-refractivity contribution < 1.29 is 14.5 Å². The molecule has 0 aliphatic heterocycles. The summed E-state index contributed by atoms with van der Waals surface area (Å²) in [5, 5.41) is 17.7. The molecule has 116 valence electrons. The van der Waals surface area contributed by atoms with E-state index in [1.165, 1.54) is 25.3 Å². The number of nitro benzene ring substituents is 1. The number of rotatable bonds is 6. The van der Waals surface area contributed by atoms with Crippen molar-refractivity contribution in [2.45, 2.75) is 19.5 Å². The van der Waals surface area contributed by atoms with Gasteiger partial charge < -0.3 is 10.1 Å². The second-order valence-corrected chi connectivity index (χ2v) is 4.74. The van der Waals surface area contributed by atoms with Gasteiger partial charge in [0.25, 0.3) is 11.6 Å². The van der Waals surface area contributed by atoms with Gasteiger partial charge in [0.05, 0.1) is 24.1 Å². The monoisotopic (exact) mass is 304 g/mol. The number of methoxy groups -OCH3 is 1. The molecule has 1 atom stereocenters. The summed E-state index contributed by atoms with van der Waals surface area (Å²) < 4.78 is 6.78. The molecule has 2 rings (SSSR count). The normalized spacial score (nSPS) is 11.7. The summed E-state index contributed by atoms with van der Waals surface area (Å²) in [4.78, 5) is 22.6. The standard InChI is InChI=1S/C14H16N4O4/c1-10(9-17-7-3-6-15-17)16-14(19)12-8-11(18(20)21)4-5-13(12)22-2/h3-8,10H,9H2,1-2H3,(H,16,19). The zero-order valence-electron chi connectivity index (χ0n) is 12.2. The van der Waals surface area contributed by atoms with Crippen LogP contribution in [0.2, 0.25) is 0 Å². The Hall–Kier alpha value is -2.90. The summed E-state index contributed by atoms with van der Waals surface area (Å²) in [7, 11) is 1.41. The van der Waals surface area contributed by atoms with Crippen LogP contribution in [0.25, 0.3) is 0 Å². The maximum absolute atomic E-state index is 12.3. The van der Waals surface area contributed by atoms with Crippen molar-refractivity contribution in [2.75, 3.05) is 7.11 Å². The van der Waals surface area contributed by atoms with E-state index < -0.39 is 10.8 Å². The minimum absolute atomic E-state index is 0.129. The van der Waals surface area contributed by atoms with Crippen molar-refractivity contribution in [3.8, 4) is 5.75 Å². The first kappa shape index (κ1) is 15.5. The van der Waals surface area contributed by atoms with Crippen LogP contribution in [0.15, 0.2) is 36.7 Å². The highest BCUT2D eigenvalue weighted by Gasteiger charge is 2.19. The second-order valence-electron chi connectivity index (χ2n) is 4.74. The number of hydrogen-bond acceptors (Lipinski definition) is 5. The zero-order chi connectivity index (χ0) is 16.1. The van der Waals surface area contributed by atoms with Gasteiger partial charge in [-0.3, -0.25) is 19.6 Å². The topological polar surface area (TPSA) is 99.3 Å². The number of carbonyl (C=O) groups excluding carboxylic acids is 1. The molecule has 1 aromatic carbocycles. The summed E-state index contributed by atoms with van der Waals surface area (Å²) >= 11 is 0. The van der Waals surface area contributed by atoms with E-state index in [9.17, 15) is 14.9 Å². The minimum atomic E-state index is -0.552. The van der Waals surface area contributed by atoms with Gasteiger partial charge in [0.15, 0.2) is 0 Å². The fourth-order valence-corrected chi connectivity index (χ4v) is 2.02. The lowest BCUT2D eigenvalue weighted by molar-refractivity contribution is -0.384. The molecule has 0 fully saturated rings. The molecular formula is C14H16N4O4. The lowest BCUT2D eigenvalue weighted by Gasteiger charge is -2.15. The molecule has 8 heteroatoms. The lowest BCUT2D eigenvalue weighted by atomic mass is 10.1. The zero-order valence-corrected chi connectivity index (χ0v) is 12.2. The molecule has 1 N–H and O–H groups in total. The van der Waals surface area contributed by atoms with Crippen LogP contribution in [0.3, 0.4) is 0 Å². The van der Waals surface area contributed by atoms with Gasteiger partial charge in [-0.05, 0) is 19.1 Å². The van der Waals surface area contributed by atoms with Crippen LogP contribution in [-0.2, 0) is 6.54 Å². The Labute approximate surface area is 126 Å². The average Bonchev–Trinajstić information content (AvgIpc) is 2.99. The Bertz CT molecular complexity index is 669. The van der Waals surface area contributed by atoms with Gasteiger partial charge in [-0.15, -0.1) is 0 Å². The van der Waals surface area contributed by atoms with Crippen molar-refractivity contribution in [3.63, 3.8) is 0 Å². The summed E-state index contributed by atoms with van der Waals surface area (Å²) in [6, 6.07) is 5.50. The highest BCUT2D eigenvalue weighted by atomic mass is 16.6. The van der Waals surface area contributed by atoms with Crippen LogP contribution in [0.1, 0.15) is 17.3 Å². The molecule has 0 bridgehead atoms. The highest BCUT2D eigenvalue weighted by Crippen LogP contribution is 2.23. The number of amides is 1. The Kier molecular flexibility index (Phi) is 4.72. The number of ether oxygens (including phenoxy) is 1. The number of non-ortho nitro benzene ring substituents is 1.